The molecule has 4 rings (SSSR count). The number of alkyl halides is 3. The summed E-state index contributed by atoms with van der Waals surface area (Å²) in [7, 11) is 0. The predicted molar refractivity (Wildman–Crippen MR) is 90.3 cm³/mol. The van der Waals surface area contributed by atoms with Crippen molar-refractivity contribution in [1.82, 2.24) is 14.9 Å². The van der Waals surface area contributed by atoms with Gasteiger partial charge in [0.1, 0.15) is 10.7 Å². The summed E-state index contributed by atoms with van der Waals surface area (Å²) >= 11 is 8.71. The number of aromatic nitrogens is 3. The van der Waals surface area contributed by atoms with E-state index >= 15 is 0 Å². The summed E-state index contributed by atoms with van der Waals surface area (Å²) in [6, 6.07) is 8.30. The topological polar surface area (TPSA) is 43.9 Å². The molecule has 25 heavy (non-hydrogen) atoms. The van der Waals surface area contributed by atoms with E-state index in [9.17, 15) is 13.2 Å². The summed E-state index contributed by atoms with van der Waals surface area (Å²) in [6.45, 7) is 0. The highest BCUT2D eigenvalue weighted by atomic mass is 35.5. The summed E-state index contributed by atoms with van der Waals surface area (Å²) < 4.78 is 43.9. The maximum absolute atomic E-state index is 12.6. The number of nitrogens with zero attached hydrogens (tertiary/aromatic N) is 3. The minimum atomic E-state index is -4.54. The van der Waals surface area contributed by atoms with Crippen LogP contribution >= 0.6 is 34.3 Å². The molecule has 0 fully saturated rings. The SMILES string of the molecule is FC(F)(F)c1cc(-c2ccc(-c3ccc(-n4cc(Cl)cn4)s3)s2)no1. The number of halogens is 4. The fourth-order valence-corrected chi connectivity index (χ4v) is 4.26. The first-order chi connectivity index (χ1) is 11.9. The third-order valence-electron chi connectivity index (χ3n) is 3.26. The molecule has 0 aromatic carbocycles. The van der Waals surface area contributed by atoms with Crippen LogP contribution < -0.4 is 0 Å². The largest absolute Gasteiger partial charge is 0.452 e. The first-order valence-electron chi connectivity index (χ1n) is 6.85. The molecule has 128 valence electrons. The van der Waals surface area contributed by atoms with Crippen molar-refractivity contribution in [3.63, 3.8) is 0 Å². The lowest BCUT2D eigenvalue weighted by molar-refractivity contribution is -0.155. The lowest BCUT2D eigenvalue weighted by Crippen LogP contribution is -2.01. The molecule has 0 saturated carbocycles. The molecule has 0 aliphatic heterocycles. The molecule has 4 heterocycles. The van der Waals surface area contributed by atoms with E-state index in [1.807, 2.05) is 18.2 Å². The Balaban J connectivity index is 1.61. The lowest BCUT2D eigenvalue weighted by Gasteiger charge is -1.97. The van der Waals surface area contributed by atoms with Crippen molar-refractivity contribution in [1.29, 1.82) is 0 Å². The number of hydrogen-bond donors (Lipinski definition) is 0. The van der Waals surface area contributed by atoms with Crippen LogP contribution in [0.4, 0.5) is 13.2 Å². The van der Waals surface area contributed by atoms with E-state index in [2.05, 4.69) is 14.8 Å². The Morgan fingerprint density at radius 3 is 2.44 bits per heavy atom. The van der Waals surface area contributed by atoms with Gasteiger partial charge in [0.15, 0.2) is 0 Å². The first kappa shape index (κ1) is 16.4. The van der Waals surface area contributed by atoms with Crippen molar-refractivity contribution in [2.75, 3.05) is 0 Å². The number of hydrogen-bond acceptors (Lipinski definition) is 5. The van der Waals surface area contributed by atoms with E-state index in [4.69, 9.17) is 11.6 Å². The molecule has 4 aromatic rings. The molecule has 0 unspecified atom stereocenters. The van der Waals surface area contributed by atoms with Gasteiger partial charge in [0.05, 0.1) is 22.3 Å². The van der Waals surface area contributed by atoms with Crippen LogP contribution in [0, 0.1) is 0 Å². The van der Waals surface area contributed by atoms with E-state index in [1.54, 1.807) is 23.1 Å². The van der Waals surface area contributed by atoms with E-state index in [0.29, 0.717) is 9.90 Å². The number of thiophene rings is 2. The molecular formula is C15H7ClF3N3OS2. The lowest BCUT2D eigenvalue weighted by atomic mass is 10.3. The van der Waals surface area contributed by atoms with Crippen molar-refractivity contribution in [3.8, 4) is 25.3 Å². The quantitative estimate of drug-likeness (QED) is 0.423. The Hall–Kier alpha value is -2.10. The van der Waals surface area contributed by atoms with Crippen LogP contribution in [0.1, 0.15) is 5.76 Å². The van der Waals surface area contributed by atoms with E-state index in [0.717, 1.165) is 20.8 Å². The third-order valence-corrected chi connectivity index (χ3v) is 5.83. The van der Waals surface area contributed by atoms with Crippen molar-refractivity contribution < 1.29 is 17.7 Å². The molecule has 10 heteroatoms. The molecular weight excluding hydrogens is 395 g/mol. The molecule has 0 N–H and O–H groups in total. The van der Waals surface area contributed by atoms with Gasteiger partial charge in [-0.15, -0.1) is 22.7 Å². The van der Waals surface area contributed by atoms with Crippen LogP contribution in [0.3, 0.4) is 0 Å². The fourth-order valence-electron chi connectivity index (χ4n) is 2.14. The molecule has 0 radical (unpaired) electrons. The fraction of sp³-hybridized carbons (Fsp3) is 0.0667. The Kier molecular flexibility index (Phi) is 3.94. The Labute approximate surface area is 152 Å². The van der Waals surface area contributed by atoms with Gasteiger partial charge in [-0.2, -0.15) is 18.3 Å². The molecule has 0 aliphatic carbocycles. The molecule has 0 amide bonds. The Morgan fingerprint density at radius 2 is 1.76 bits per heavy atom. The highest BCUT2D eigenvalue weighted by Gasteiger charge is 2.36. The second-order valence-electron chi connectivity index (χ2n) is 4.98. The van der Waals surface area contributed by atoms with Gasteiger partial charge in [-0.1, -0.05) is 16.8 Å². The molecule has 0 aliphatic rings. The van der Waals surface area contributed by atoms with Crippen LogP contribution in [0.15, 0.2) is 47.2 Å². The van der Waals surface area contributed by atoms with Gasteiger partial charge < -0.3 is 4.52 Å². The summed E-state index contributed by atoms with van der Waals surface area (Å²) in [5.74, 6) is -1.11. The van der Waals surface area contributed by atoms with Crippen molar-refractivity contribution in [2.45, 2.75) is 6.18 Å². The summed E-state index contributed by atoms with van der Waals surface area (Å²) in [4.78, 5) is 2.49. The van der Waals surface area contributed by atoms with Gasteiger partial charge >= 0.3 is 6.18 Å². The zero-order valence-corrected chi connectivity index (χ0v) is 14.5. The molecule has 4 aromatic heterocycles. The molecule has 4 nitrogen and oxygen atoms in total. The third kappa shape index (κ3) is 3.22. The predicted octanol–water partition coefficient (Wildman–Crippen LogP) is 5.99. The van der Waals surface area contributed by atoms with E-state index < -0.39 is 11.9 Å². The highest BCUT2D eigenvalue weighted by Crippen LogP contribution is 2.39. The Bertz CT molecular complexity index is 1030. The van der Waals surface area contributed by atoms with Crippen molar-refractivity contribution >= 4 is 34.3 Å². The maximum Gasteiger partial charge on any atom is 0.452 e. The van der Waals surface area contributed by atoms with E-state index in [1.165, 1.54) is 22.7 Å². The maximum atomic E-state index is 12.6. The van der Waals surface area contributed by atoms with Crippen LogP contribution in [-0.2, 0) is 6.18 Å². The van der Waals surface area contributed by atoms with Gasteiger partial charge in [-0.25, -0.2) is 4.68 Å². The summed E-state index contributed by atoms with van der Waals surface area (Å²) in [6.07, 6.45) is -1.29. The molecule has 0 bridgehead atoms. The van der Waals surface area contributed by atoms with Crippen LogP contribution in [-0.4, -0.2) is 14.9 Å². The van der Waals surface area contributed by atoms with Crippen molar-refractivity contribution in [2.24, 2.45) is 0 Å². The standard InChI is InChI=1S/C15H7ClF3N3OS2/c16-8-6-20-22(7-8)14-4-3-12(25-14)11-2-1-10(24-11)9-5-13(23-21-9)15(17,18)19/h1-7H. The number of rotatable bonds is 3. The monoisotopic (exact) mass is 401 g/mol. The van der Waals surface area contributed by atoms with Gasteiger partial charge in [0.2, 0.25) is 5.76 Å². The average molecular weight is 402 g/mol. The zero-order chi connectivity index (χ0) is 17.6. The van der Waals surface area contributed by atoms with Crippen molar-refractivity contribution in [3.05, 3.63) is 53.5 Å². The zero-order valence-electron chi connectivity index (χ0n) is 12.1. The van der Waals surface area contributed by atoms with Gasteiger partial charge in [-0.3, -0.25) is 0 Å². The van der Waals surface area contributed by atoms with Gasteiger partial charge in [0, 0.05) is 15.8 Å². The summed E-state index contributed by atoms with van der Waals surface area (Å²) in [5, 5.41) is 9.07. The van der Waals surface area contributed by atoms with Crippen LogP contribution in [0.25, 0.3) is 25.3 Å². The van der Waals surface area contributed by atoms with Crippen LogP contribution in [0.5, 0.6) is 0 Å². The second-order valence-corrected chi connectivity index (χ2v) is 7.56. The first-order valence-corrected chi connectivity index (χ1v) is 8.86. The summed E-state index contributed by atoms with van der Waals surface area (Å²) in [5.41, 5.74) is 0.166. The average Bonchev–Trinajstić information content (AvgIpc) is 3.31. The molecule has 0 saturated heterocycles. The minimum Gasteiger partial charge on any atom is -0.351 e. The van der Waals surface area contributed by atoms with Gasteiger partial charge in [-0.05, 0) is 24.3 Å². The smallest absolute Gasteiger partial charge is 0.351 e. The van der Waals surface area contributed by atoms with E-state index in [-0.39, 0.29) is 5.69 Å². The second kappa shape index (κ2) is 6.01. The minimum absolute atomic E-state index is 0.166. The Morgan fingerprint density at radius 1 is 1.04 bits per heavy atom. The van der Waals surface area contributed by atoms with Gasteiger partial charge in [0.25, 0.3) is 0 Å². The molecule has 0 atom stereocenters. The van der Waals surface area contributed by atoms with Crippen LogP contribution in [0.2, 0.25) is 5.02 Å². The normalized spacial score (nSPS) is 12.0. The molecule has 0 spiro atoms. The highest BCUT2D eigenvalue weighted by molar-refractivity contribution is 7.24.